The Kier molecular flexibility index (Phi) is 4.20. The van der Waals surface area contributed by atoms with Gasteiger partial charge in [-0.1, -0.05) is 0 Å². The lowest BCUT2D eigenvalue weighted by molar-refractivity contribution is 0.0879. The Morgan fingerprint density at radius 2 is 2.43 bits per heavy atom. The first-order chi connectivity index (χ1) is 6.65. The maximum atomic E-state index is 11.5. The number of aliphatic hydroxyl groups excluding tert-OH is 1. The minimum absolute atomic E-state index is 0.161. The third kappa shape index (κ3) is 2.87. The number of aliphatic hydroxyl groups is 1. The zero-order valence-electron chi connectivity index (χ0n) is 8.90. The second-order valence-corrected chi connectivity index (χ2v) is 3.77. The van der Waals surface area contributed by atoms with Gasteiger partial charge in [-0.15, -0.1) is 0 Å². The Morgan fingerprint density at radius 1 is 1.71 bits per heavy atom. The Labute approximate surface area is 84.8 Å². The van der Waals surface area contributed by atoms with E-state index in [4.69, 9.17) is 4.74 Å². The fourth-order valence-electron chi connectivity index (χ4n) is 1.92. The molecule has 2 unspecified atom stereocenters. The third-order valence-corrected chi connectivity index (χ3v) is 2.49. The van der Waals surface area contributed by atoms with E-state index in [0.29, 0.717) is 13.0 Å². The zero-order valence-corrected chi connectivity index (χ0v) is 8.90. The van der Waals surface area contributed by atoms with E-state index in [9.17, 15) is 9.90 Å². The zero-order chi connectivity index (χ0) is 10.6. The van der Waals surface area contributed by atoms with Gasteiger partial charge in [-0.25, -0.2) is 4.79 Å². The van der Waals surface area contributed by atoms with Crippen molar-refractivity contribution in [2.24, 2.45) is 0 Å². The summed E-state index contributed by atoms with van der Waals surface area (Å²) in [6.45, 7) is 4.73. The largest absolute Gasteiger partial charge is 0.450 e. The highest BCUT2D eigenvalue weighted by Crippen LogP contribution is 2.22. The monoisotopic (exact) mass is 201 g/mol. The van der Waals surface area contributed by atoms with Crippen molar-refractivity contribution >= 4 is 6.09 Å². The van der Waals surface area contributed by atoms with Gasteiger partial charge in [-0.3, -0.25) is 0 Å². The lowest BCUT2D eigenvalue weighted by atomic mass is 10.1. The van der Waals surface area contributed by atoms with E-state index in [-0.39, 0.29) is 18.2 Å². The second kappa shape index (κ2) is 5.20. The van der Waals surface area contributed by atoms with Crippen LogP contribution in [-0.4, -0.2) is 41.4 Å². The van der Waals surface area contributed by atoms with Crippen LogP contribution < -0.4 is 0 Å². The van der Waals surface area contributed by atoms with Crippen LogP contribution in [0.4, 0.5) is 4.79 Å². The van der Waals surface area contributed by atoms with E-state index < -0.39 is 0 Å². The minimum Gasteiger partial charge on any atom is -0.450 e. The second-order valence-electron chi connectivity index (χ2n) is 3.77. The third-order valence-electron chi connectivity index (χ3n) is 2.49. The Hall–Kier alpha value is -0.770. The predicted molar refractivity (Wildman–Crippen MR) is 53.0 cm³/mol. The van der Waals surface area contributed by atoms with E-state index in [0.717, 1.165) is 19.4 Å². The van der Waals surface area contributed by atoms with Crippen LogP contribution in [0.5, 0.6) is 0 Å². The van der Waals surface area contributed by atoms with Crippen LogP contribution in [0.25, 0.3) is 0 Å². The summed E-state index contributed by atoms with van der Waals surface area (Å²) >= 11 is 0. The predicted octanol–water partition coefficient (Wildman–Crippen LogP) is 1.38. The molecule has 1 N–H and O–H groups in total. The fraction of sp³-hybridized carbons (Fsp3) is 0.900. The van der Waals surface area contributed by atoms with Crippen molar-refractivity contribution in [3.63, 3.8) is 0 Å². The molecule has 0 aromatic carbocycles. The smallest absolute Gasteiger partial charge is 0.409 e. The summed E-state index contributed by atoms with van der Waals surface area (Å²) in [5.41, 5.74) is 0. The number of ether oxygens (including phenoxy) is 1. The molecule has 14 heavy (non-hydrogen) atoms. The molecule has 2 atom stereocenters. The molecule has 0 radical (unpaired) electrons. The average molecular weight is 201 g/mol. The molecule has 4 heteroatoms. The van der Waals surface area contributed by atoms with Crippen molar-refractivity contribution in [1.82, 2.24) is 4.90 Å². The van der Waals surface area contributed by atoms with Crippen molar-refractivity contribution in [3.8, 4) is 0 Å². The van der Waals surface area contributed by atoms with Crippen LogP contribution in [0.3, 0.4) is 0 Å². The number of likely N-dealkylation sites (tertiary alicyclic amines) is 1. The van der Waals surface area contributed by atoms with Gasteiger partial charge in [0.2, 0.25) is 0 Å². The van der Waals surface area contributed by atoms with E-state index in [1.165, 1.54) is 0 Å². The van der Waals surface area contributed by atoms with Crippen LogP contribution in [0.2, 0.25) is 0 Å². The van der Waals surface area contributed by atoms with Crippen molar-refractivity contribution < 1.29 is 14.6 Å². The average Bonchev–Trinajstić information content (AvgIpc) is 2.51. The van der Waals surface area contributed by atoms with Crippen LogP contribution in [0.15, 0.2) is 0 Å². The molecule has 0 bridgehead atoms. The summed E-state index contributed by atoms with van der Waals surface area (Å²) in [6.07, 6.45) is 2.05. The van der Waals surface area contributed by atoms with Gasteiger partial charge in [0.15, 0.2) is 0 Å². The molecule has 1 amide bonds. The number of hydrogen-bond acceptors (Lipinski definition) is 3. The number of amides is 1. The van der Waals surface area contributed by atoms with Crippen molar-refractivity contribution in [2.75, 3.05) is 13.2 Å². The Balaban J connectivity index is 2.46. The van der Waals surface area contributed by atoms with E-state index in [2.05, 4.69) is 0 Å². The van der Waals surface area contributed by atoms with Gasteiger partial charge in [0.05, 0.1) is 12.7 Å². The number of rotatable bonds is 3. The molecule has 1 aliphatic heterocycles. The molecule has 0 aromatic rings. The summed E-state index contributed by atoms with van der Waals surface area (Å²) in [4.78, 5) is 13.2. The van der Waals surface area contributed by atoms with Gasteiger partial charge >= 0.3 is 6.09 Å². The van der Waals surface area contributed by atoms with Gasteiger partial charge in [0.25, 0.3) is 0 Å². The molecule has 0 spiro atoms. The summed E-state index contributed by atoms with van der Waals surface area (Å²) in [7, 11) is 0. The molecule has 0 aromatic heterocycles. The first-order valence-corrected chi connectivity index (χ1v) is 5.26. The molecule has 1 heterocycles. The first kappa shape index (κ1) is 11.3. The van der Waals surface area contributed by atoms with E-state index >= 15 is 0 Å². The number of nitrogens with zero attached hydrogens (tertiary/aromatic N) is 1. The lowest BCUT2D eigenvalue weighted by Crippen LogP contribution is -2.37. The van der Waals surface area contributed by atoms with Gasteiger partial charge in [-0.05, 0) is 33.1 Å². The van der Waals surface area contributed by atoms with Gasteiger partial charge in [0, 0.05) is 12.6 Å². The molecule has 82 valence electrons. The van der Waals surface area contributed by atoms with Gasteiger partial charge in [0.1, 0.15) is 0 Å². The summed E-state index contributed by atoms with van der Waals surface area (Å²) < 4.78 is 4.94. The quantitative estimate of drug-likeness (QED) is 0.750. The lowest BCUT2D eigenvalue weighted by Gasteiger charge is -2.24. The highest BCUT2D eigenvalue weighted by atomic mass is 16.6. The molecule has 0 aliphatic carbocycles. The molecule has 0 saturated carbocycles. The summed E-state index contributed by atoms with van der Waals surface area (Å²) in [5, 5.41) is 9.26. The molecular weight excluding hydrogens is 182 g/mol. The molecule has 1 saturated heterocycles. The maximum Gasteiger partial charge on any atom is 0.409 e. The van der Waals surface area contributed by atoms with Crippen molar-refractivity contribution in [1.29, 1.82) is 0 Å². The van der Waals surface area contributed by atoms with Crippen LogP contribution >= 0.6 is 0 Å². The Bertz CT molecular complexity index is 194. The minimum atomic E-state index is -0.352. The van der Waals surface area contributed by atoms with E-state index in [1.807, 2.05) is 0 Å². The first-order valence-electron chi connectivity index (χ1n) is 5.26. The van der Waals surface area contributed by atoms with Crippen molar-refractivity contribution in [2.45, 2.75) is 45.3 Å². The number of carbonyl (C=O) groups excluding carboxylic acids is 1. The molecule has 1 fully saturated rings. The summed E-state index contributed by atoms with van der Waals surface area (Å²) in [5.74, 6) is 0. The molecular formula is C10H19NO3. The van der Waals surface area contributed by atoms with Crippen LogP contribution in [0.1, 0.15) is 33.1 Å². The molecule has 4 nitrogen and oxygen atoms in total. The highest BCUT2D eigenvalue weighted by molar-refractivity contribution is 5.68. The number of carbonyl (C=O) groups is 1. The molecule has 1 aliphatic rings. The van der Waals surface area contributed by atoms with Gasteiger partial charge in [-0.2, -0.15) is 0 Å². The van der Waals surface area contributed by atoms with Crippen LogP contribution in [0, 0.1) is 0 Å². The topological polar surface area (TPSA) is 49.8 Å². The standard InChI is InChI=1S/C10H19NO3/c1-3-14-10(13)11-6-4-5-9(11)7-8(2)12/h8-9,12H,3-7H2,1-2H3. The number of hydrogen-bond donors (Lipinski definition) is 1. The van der Waals surface area contributed by atoms with Crippen molar-refractivity contribution in [3.05, 3.63) is 0 Å². The normalized spacial score (nSPS) is 23.6. The Morgan fingerprint density at radius 3 is 3.00 bits per heavy atom. The maximum absolute atomic E-state index is 11.5. The highest BCUT2D eigenvalue weighted by Gasteiger charge is 2.30. The van der Waals surface area contributed by atoms with E-state index in [1.54, 1.807) is 18.7 Å². The molecule has 1 rings (SSSR count). The SMILES string of the molecule is CCOC(=O)N1CCCC1CC(C)O. The summed E-state index contributed by atoms with van der Waals surface area (Å²) in [6, 6.07) is 0.161. The van der Waals surface area contributed by atoms with Crippen LogP contribution in [-0.2, 0) is 4.74 Å². The fourth-order valence-corrected chi connectivity index (χ4v) is 1.92. The van der Waals surface area contributed by atoms with Gasteiger partial charge < -0.3 is 14.7 Å².